The van der Waals surface area contributed by atoms with Gasteiger partial charge in [-0.05, 0) is 42.0 Å². The van der Waals surface area contributed by atoms with Crippen molar-refractivity contribution in [2.75, 3.05) is 18.6 Å². The third-order valence-electron chi connectivity index (χ3n) is 4.95. The second-order valence-electron chi connectivity index (χ2n) is 7.11. The van der Waals surface area contributed by atoms with E-state index in [0.717, 1.165) is 11.1 Å². The number of ether oxygens (including phenoxy) is 2. The molecular formula is C25H21ClN2O4. The Morgan fingerprint density at radius 2 is 1.88 bits per heavy atom. The van der Waals surface area contributed by atoms with Gasteiger partial charge in [-0.15, -0.1) is 0 Å². The summed E-state index contributed by atoms with van der Waals surface area (Å²) < 4.78 is 11.2. The Morgan fingerprint density at radius 3 is 2.69 bits per heavy atom. The molecule has 0 aromatic heterocycles. The molecule has 1 heterocycles. The Kier molecular flexibility index (Phi) is 6.42. The van der Waals surface area contributed by atoms with Crippen LogP contribution in [0.3, 0.4) is 0 Å². The lowest BCUT2D eigenvalue weighted by atomic mass is 10.1. The minimum Gasteiger partial charge on any atom is -0.496 e. The highest BCUT2D eigenvalue weighted by atomic mass is 35.5. The molecule has 2 amide bonds. The molecule has 3 aromatic carbocycles. The summed E-state index contributed by atoms with van der Waals surface area (Å²) >= 11 is 6.06. The molecule has 7 heteroatoms. The van der Waals surface area contributed by atoms with E-state index in [-0.39, 0.29) is 24.8 Å². The van der Waals surface area contributed by atoms with Gasteiger partial charge in [-0.25, -0.2) is 0 Å². The van der Waals surface area contributed by atoms with Gasteiger partial charge in [0.25, 0.3) is 5.91 Å². The second-order valence-corrected chi connectivity index (χ2v) is 7.55. The van der Waals surface area contributed by atoms with Crippen LogP contribution in [-0.2, 0) is 16.1 Å². The van der Waals surface area contributed by atoms with E-state index in [4.69, 9.17) is 21.1 Å². The smallest absolute Gasteiger partial charge is 0.294 e. The van der Waals surface area contributed by atoms with Crippen molar-refractivity contribution in [3.63, 3.8) is 0 Å². The summed E-state index contributed by atoms with van der Waals surface area (Å²) in [5.74, 6) is 0.591. The largest absolute Gasteiger partial charge is 0.496 e. The van der Waals surface area contributed by atoms with Crippen LogP contribution in [0.2, 0.25) is 5.02 Å². The fourth-order valence-corrected chi connectivity index (χ4v) is 3.61. The molecule has 0 spiro atoms. The van der Waals surface area contributed by atoms with Crippen molar-refractivity contribution < 1.29 is 19.1 Å². The molecule has 162 valence electrons. The number of benzene rings is 3. The molecule has 0 saturated carbocycles. The van der Waals surface area contributed by atoms with Crippen molar-refractivity contribution in [2.45, 2.75) is 6.54 Å². The lowest BCUT2D eigenvalue weighted by Gasteiger charge is -2.30. The topological polar surface area (TPSA) is 67.9 Å². The molecule has 4 rings (SSSR count). The number of para-hydroxylation sites is 3. The van der Waals surface area contributed by atoms with Gasteiger partial charge in [-0.2, -0.15) is 0 Å². The van der Waals surface area contributed by atoms with Gasteiger partial charge in [0.15, 0.2) is 11.5 Å². The summed E-state index contributed by atoms with van der Waals surface area (Å²) in [5.41, 5.74) is 2.10. The van der Waals surface area contributed by atoms with Gasteiger partial charge in [-0.1, -0.05) is 54.1 Å². The Hall–Kier alpha value is -3.77. The van der Waals surface area contributed by atoms with E-state index in [0.29, 0.717) is 22.2 Å². The summed E-state index contributed by atoms with van der Waals surface area (Å²) in [5, 5.41) is 3.41. The fraction of sp³-hybridized carbons (Fsp3) is 0.120. The van der Waals surface area contributed by atoms with Crippen molar-refractivity contribution in [2.24, 2.45) is 0 Å². The number of fused-ring (bicyclic) bond motifs is 1. The van der Waals surface area contributed by atoms with E-state index >= 15 is 0 Å². The average Bonchev–Trinajstić information content (AvgIpc) is 2.80. The van der Waals surface area contributed by atoms with Crippen LogP contribution in [0, 0.1) is 0 Å². The molecule has 6 nitrogen and oxygen atoms in total. The number of carbonyl (C=O) groups excluding carboxylic acids is 2. The minimum absolute atomic E-state index is 0.114. The standard InChI is InChI=1S/C25H21ClN2O4/c1-31-21-11-4-2-8-18(21)15-27-24(29)16-28-20-10-3-5-12-22(20)32-23(25(28)30)14-17-7-6-9-19(26)13-17/h2-14H,15-16H2,1H3,(H,27,29). The Labute approximate surface area is 191 Å². The molecular weight excluding hydrogens is 428 g/mol. The maximum atomic E-state index is 13.2. The lowest BCUT2D eigenvalue weighted by molar-refractivity contribution is -0.123. The van der Waals surface area contributed by atoms with Crippen LogP contribution >= 0.6 is 11.6 Å². The number of halogens is 1. The normalized spacial score (nSPS) is 14.0. The monoisotopic (exact) mass is 448 g/mol. The van der Waals surface area contributed by atoms with Crippen molar-refractivity contribution in [1.82, 2.24) is 5.32 Å². The van der Waals surface area contributed by atoms with Crippen molar-refractivity contribution in [1.29, 1.82) is 0 Å². The summed E-state index contributed by atoms with van der Waals surface area (Å²) in [7, 11) is 1.58. The molecule has 1 aliphatic heterocycles. The SMILES string of the molecule is COc1ccccc1CNC(=O)CN1C(=O)C(=Cc2cccc(Cl)c2)Oc2ccccc21. The van der Waals surface area contributed by atoms with Gasteiger partial charge < -0.3 is 14.8 Å². The molecule has 1 N–H and O–H groups in total. The van der Waals surface area contributed by atoms with Gasteiger partial charge in [-0.3, -0.25) is 14.5 Å². The number of amides is 2. The number of hydrogen-bond donors (Lipinski definition) is 1. The van der Waals surface area contributed by atoms with Gasteiger partial charge in [0.2, 0.25) is 5.91 Å². The molecule has 0 bridgehead atoms. The van der Waals surface area contributed by atoms with Crippen LogP contribution in [0.1, 0.15) is 11.1 Å². The predicted molar refractivity (Wildman–Crippen MR) is 124 cm³/mol. The summed E-state index contributed by atoms with van der Waals surface area (Å²) in [6.07, 6.45) is 1.61. The number of rotatable bonds is 6. The number of methoxy groups -OCH3 is 1. The highest BCUT2D eigenvalue weighted by molar-refractivity contribution is 6.30. The maximum Gasteiger partial charge on any atom is 0.294 e. The maximum absolute atomic E-state index is 13.2. The van der Waals surface area contributed by atoms with Crippen molar-refractivity contribution >= 4 is 35.2 Å². The molecule has 0 unspecified atom stereocenters. The van der Waals surface area contributed by atoms with E-state index in [1.807, 2.05) is 36.4 Å². The molecule has 32 heavy (non-hydrogen) atoms. The number of nitrogens with zero attached hydrogens (tertiary/aromatic N) is 1. The minimum atomic E-state index is -0.406. The van der Waals surface area contributed by atoms with Gasteiger partial charge in [0, 0.05) is 17.1 Å². The van der Waals surface area contributed by atoms with Crippen LogP contribution in [-0.4, -0.2) is 25.5 Å². The number of nitrogens with one attached hydrogen (secondary N) is 1. The van der Waals surface area contributed by atoms with Crippen LogP contribution in [0.4, 0.5) is 5.69 Å². The zero-order valence-corrected chi connectivity index (χ0v) is 18.1. The third kappa shape index (κ3) is 4.76. The van der Waals surface area contributed by atoms with Crippen molar-refractivity contribution in [3.05, 3.63) is 94.7 Å². The van der Waals surface area contributed by atoms with Gasteiger partial charge in [0.1, 0.15) is 12.3 Å². The van der Waals surface area contributed by atoms with Gasteiger partial charge in [0.05, 0.1) is 12.8 Å². The van der Waals surface area contributed by atoms with Crippen LogP contribution in [0.25, 0.3) is 6.08 Å². The Morgan fingerprint density at radius 1 is 1.09 bits per heavy atom. The van der Waals surface area contributed by atoms with E-state index in [2.05, 4.69) is 5.32 Å². The first-order valence-corrected chi connectivity index (χ1v) is 10.4. The Bertz CT molecular complexity index is 1190. The average molecular weight is 449 g/mol. The second kappa shape index (κ2) is 9.58. The van der Waals surface area contributed by atoms with Crippen LogP contribution < -0.4 is 19.7 Å². The number of hydrogen-bond acceptors (Lipinski definition) is 4. The predicted octanol–water partition coefficient (Wildman–Crippen LogP) is 4.43. The molecule has 0 fully saturated rings. The zero-order valence-electron chi connectivity index (χ0n) is 17.4. The summed E-state index contributed by atoms with van der Waals surface area (Å²) in [6.45, 7) is 0.134. The lowest BCUT2D eigenvalue weighted by Crippen LogP contribution is -2.44. The van der Waals surface area contributed by atoms with Crippen LogP contribution in [0.5, 0.6) is 11.5 Å². The first-order chi connectivity index (χ1) is 15.5. The molecule has 1 aliphatic rings. The molecule has 0 radical (unpaired) electrons. The van der Waals surface area contributed by atoms with E-state index in [9.17, 15) is 9.59 Å². The summed E-state index contributed by atoms with van der Waals surface area (Å²) in [6, 6.07) is 21.6. The molecule has 0 atom stereocenters. The first kappa shape index (κ1) is 21.5. The highest BCUT2D eigenvalue weighted by Crippen LogP contribution is 2.35. The Balaban J connectivity index is 1.55. The molecule has 0 saturated heterocycles. The van der Waals surface area contributed by atoms with E-state index < -0.39 is 5.91 Å². The van der Waals surface area contributed by atoms with E-state index in [1.165, 1.54) is 4.90 Å². The number of carbonyl (C=O) groups is 2. The number of anilines is 1. The summed E-state index contributed by atoms with van der Waals surface area (Å²) in [4.78, 5) is 27.3. The van der Waals surface area contributed by atoms with Crippen LogP contribution in [0.15, 0.2) is 78.6 Å². The zero-order chi connectivity index (χ0) is 22.5. The highest BCUT2D eigenvalue weighted by Gasteiger charge is 2.31. The quantitative estimate of drug-likeness (QED) is 0.566. The van der Waals surface area contributed by atoms with Crippen molar-refractivity contribution in [3.8, 4) is 11.5 Å². The van der Waals surface area contributed by atoms with Gasteiger partial charge >= 0.3 is 0 Å². The van der Waals surface area contributed by atoms with E-state index in [1.54, 1.807) is 49.6 Å². The first-order valence-electron chi connectivity index (χ1n) is 10.00. The fourth-order valence-electron chi connectivity index (χ4n) is 3.41. The molecule has 0 aliphatic carbocycles. The third-order valence-corrected chi connectivity index (χ3v) is 5.18. The molecule has 3 aromatic rings.